The Morgan fingerprint density at radius 2 is 2.00 bits per heavy atom. The van der Waals surface area contributed by atoms with Crippen LogP contribution in [0.5, 0.6) is 5.75 Å². The molecule has 2 aromatic heterocycles. The van der Waals surface area contributed by atoms with Crippen LogP contribution < -0.4 is 10.3 Å². The Morgan fingerprint density at radius 3 is 2.83 bits per heavy atom. The van der Waals surface area contributed by atoms with Crippen LogP contribution in [0.15, 0.2) is 52.9 Å². The number of nitrogens with zero attached hydrogens (tertiary/aromatic N) is 2. The highest BCUT2D eigenvalue weighted by atomic mass is 32.1. The van der Waals surface area contributed by atoms with E-state index in [-0.39, 0.29) is 25.3 Å². The van der Waals surface area contributed by atoms with Crippen LogP contribution in [0.4, 0.5) is 0 Å². The average molecular weight is 330 g/mol. The highest BCUT2D eigenvalue weighted by Crippen LogP contribution is 2.13. The van der Waals surface area contributed by atoms with E-state index in [4.69, 9.17) is 9.47 Å². The summed E-state index contributed by atoms with van der Waals surface area (Å²) in [4.78, 5) is 28.7. The Hall–Kier alpha value is -2.67. The van der Waals surface area contributed by atoms with E-state index in [1.807, 2.05) is 30.3 Å². The molecular weight excluding hydrogens is 316 g/mol. The van der Waals surface area contributed by atoms with Gasteiger partial charge in [0.1, 0.15) is 30.3 Å². The number of hydrogen-bond acceptors (Lipinski definition) is 6. The number of ether oxygens (including phenoxy) is 2. The zero-order valence-corrected chi connectivity index (χ0v) is 13.0. The number of aromatic nitrogens is 2. The minimum atomic E-state index is -0.500. The first-order valence-electron chi connectivity index (χ1n) is 7.00. The number of carbonyl (C=O) groups is 1. The van der Waals surface area contributed by atoms with E-state index in [9.17, 15) is 9.59 Å². The van der Waals surface area contributed by atoms with Gasteiger partial charge >= 0.3 is 5.97 Å². The third kappa shape index (κ3) is 3.75. The Morgan fingerprint density at radius 1 is 1.17 bits per heavy atom. The predicted molar refractivity (Wildman–Crippen MR) is 86.8 cm³/mol. The highest BCUT2D eigenvalue weighted by Gasteiger charge is 2.09. The van der Waals surface area contributed by atoms with Crippen molar-refractivity contribution in [3.05, 3.63) is 58.5 Å². The molecule has 1 aromatic carbocycles. The Kier molecular flexibility index (Phi) is 4.68. The van der Waals surface area contributed by atoms with Crippen molar-refractivity contribution in [2.24, 2.45) is 0 Å². The van der Waals surface area contributed by atoms with E-state index < -0.39 is 5.97 Å². The van der Waals surface area contributed by atoms with Crippen molar-refractivity contribution >= 4 is 27.5 Å². The maximum absolute atomic E-state index is 12.1. The molecule has 23 heavy (non-hydrogen) atoms. The lowest BCUT2D eigenvalue weighted by Gasteiger charge is -2.08. The fourth-order valence-corrected chi connectivity index (χ4v) is 2.75. The lowest BCUT2D eigenvalue weighted by atomic mass is 10.3. The van der Waals surface area contributed by atoms with Gasteiger partial charge in [-0.3, -0.25) is 14.2 Å². The van der Waals surface area contributed by atoms with E-state index in [0.717, 1.165) is 0 Å². The largest absolute Gasteiger partial charge is 0.490 e. The van der Waals surface area contributed by atoms with Crippen LogP contribution in [0.25, 0.3) is 10.2 Å². The van der Waals surface area contributed by atoms with Crippen LogP contribution in [-0.2, 0) is 16.1 Å². The third-order valence-corrected chi connectivity index (χ3v) is 3.93. The molecule has 118 valence electrons. The molecule has 3 aromatic rings. The second-order valence-electron chi connectivity index (χ2n) is 4.70. The van der Waals surface area contributed by atoms with Gasteiger partial charge in [0.15, 0.2) is 0 Å². The first-order chi connectivity index (χ1) is 11.2. The molecule has 6 nitrogen and oxygen atoms in total. The molecule has 3 rings (SSSR count). The van der Waals surface area contributed by atoms with Gasteiger partial charge in [-0.25, -0.2) is 4.98 Å². The Labute approximate surface area is 135 Å². The lowest BCUT2D eigenvalue weighted by molar-refractivity contribution is -0.145. The topological polar surface area (TPSA) is 70.4 Å². The van der Waals surface area contributed by atoms with Crippen molar-refractivity contribution < 1.29 is 14.3 Å². The van der Waals surface area contributed by atoms with Gasteiger partial charge in [-0.1, -0.05) is 18.2 Å². The summed E-state index contributed by atoms with van der Waals surface area (Å²) in [6, 6.07) is 11.0. The van der Waals surface area contributed by atoms with Crippen molar-refractivity contribution in [2.75, 3.05) is 13.2 Å². The van der Waals surface area contributed by atoms with Gasteiger partial charge in [-0.2, -0.15) is 0 Å². The second kappa shape index (κ2) is 7.06. The molecule has 0 atom stereocenters. The molecule has 0 saturated heterocycles. The van der Waals surface area contributed by atoms with Gasteiger partial charge in [0.05, 0.1) is 11.7 Å². The summed E-state index contributed by atoms with van der Waals surface area (Å²) in [5.74, 6) is 0.215. The fourth-order valence-electron chi connectivity index (χ4n) is 2.02. The summed E-state index contributed by atoms with van der Waals surface area (Å²) in [5, 5.41) is 2.31. The van der Waals surface area contributed by atoms with Crippen LogP contribution in [0.2, 0.25) is 0 Å². The molecule has 0 radical (unpaired) electrons. The minimum absolute atomic E-state index is 0.122. The highest BCUT2D eigenvalue weighted by molar-refractivity contribution is 7.16. The van der Waals surface area contributed by atoms with Crippen molar-refractivity contribution in [3.8, 4) is 5.75 Å². The number of rotatable bonds is 6. The first-order valence-corrected chi connectivity index (χ1v) is 7.88. The molecule has 0 bridgehead atoms. The monoisotopic (exact) mass is 330 g/mol. The van der Waals surface area contributed by atoms with Crippen LogP contribution in [-0.4, -0.2) is 28.7 Å². The van der Waals surface area contributed by atoms with Crippen molar-refractivity contribution in [1.29, 1.82) is 0 Å². The summed E-state index contributed by atoms with van der Waals surface area (Å²) in [5.41, 5.74) is -0.242. The normalized spacial score (nSPS) is 10.6. The SMILES string of the molecule is O=C(Cn1cnc2sccc2c1=O)OCCOc1ccccc1. The zero-order valence-electron chi connectivity index (χ0n) is 12.2. The molecule has 2 heterocycles. The molecule has 0 aliphatic carbocycles. The molecule has 0 aliphatic rings. The van der Waals surface area contributed by atoms with E-state index in [1.54, 1.807) is 11.4 Å². The Bertz CT molecular complexity index is 857. The average Bonchev–Trinajstić information content (AvgIpc) is 3.05. The van der Waals surface area contributed by atoms with Crippen molar-refractivity contribution in [2.45, 2.75) is 6.54 Å². The van der Waals surface area contributed by atoms with E-state index in [2.05, 4.69) is 4.98 Å². The molecular formula is C16H14N2O4S. The number of hydrogen-bond donors (Lipinski definition) is 0. The second-order valence-corrected chi connectivity index (χ2v) is 5.59. The van der Waals surface area contributed by atoms with Crippen LogP contribution in [0, 0.1) is 0 Å². The predicted octanol–water partition coefficient (Wildman–Crippen LogP) is 2.08. The van der Waals surface area contributed by atoms with Crippen molar-refractivity contribution in [1.82, 2.24) is 9.55 Å². The number of esters is 1. The van der Waals surface area contributed by atoms with E-state index in [0.29, 0.717) is 16.0 Å². The molecule has 0 aliphatic heterocycles. The molecule has 0 unspecified atom stereocenters. The first kappa shape index (κ1) is 15.2. The number of benzene rings is 1. The van der Waals surface area contributed by atoms with Gasteiger partial charge in [0.2, 0.25) is 0 Å². The van der Waals surface area contributed by atoms with Crippen LogP contribution >= 0.6 is 11.3 Å². The summed E-state index contributed by atoms with van der Waals surface area (Å²) in [7, 11) is 0. The summed E-state index contributed by atoms with van der Waals surface area (Å²) >= 11 is 1.39. The third-order valence-electron chi connectivity index (χ3n) is 3.11. The Balaban J connectivity index is 1.50. The molecule has 7 heteroatoms. The maximum atomic E-state index is 12.1. The van der Waals surface area contributed by atoms with Crippen LogP contribution in [0.3, 0.4) is 0 Å². The van der Waals surface area contributed by atoms with E-state index in [1.165, 1.54) is 22.2 Å². The molecule has 0 spiro atoms. The van der Waals surface area contributed by atoms with Gasteiger partial charge < -0.3 is 9.47 Å². The van der Waals surface area contributed by atoms with Gasteiger partial charge in [-0.05, 0) is 23.6 Å². The number of para-hydroxylation sites is 1. The molecule has 0 N–H and O–H groups in total. The smallest absolute Gasteiger partial charge is 0.326 e. The maximum Gasteiger partial charge on any atom is 0.326 e. The lowest BCUT2D eigenvalue weighted by Crippen LogP contribution is -2.26. The number of thiophene rings is 1. The fraction of sp³-hybridized carbons (Fsp3) is 0.188. The summed E-state index contributed by atoms with van der Waals surface area (Å²) in [6.07, 6.45) is 1.36. The zero-order chi connectivity index (χ0) is 16.1. The summed E-state index contributed by atoms with van der Waals surface area (Å²) in [6.45, 7) is 0.214. The molecule has 0 saturated carbocycles. The number of fused-ring (bicyclic) bond motifs is 1. The molecule has 0 amide bonds. The van der Waals surface area contributed by atoms with Gasteiger partial charge in [0.25, 0.3) is 5.56 Å². The summed E-state index contributed by atoms with van der Waals surface area (Å²) < 4.78 is 11.7. The van der Waals surface area contributed by atoms with Crippen molar-refractivity contribution in [3.63, 3.8) is 0 Å². The minimum Gasteiger partial charge on any atom is -0.490 e. The van der Waals surface area contributed by atoms with E-state index >= 15 is 0 Å². The van der Waals surface area contributed by atoms with Gasteiger partial charge in [0, 0.05) is 0 Å². The quantitative estimate of drug-likeness (QED) is 0.511. The molecule has 0 fully saturated rings. The van der Waals surface area contributed by atoms with Crippen LogP contribution in [0.1, 0.15) is 0 Å². The van der Waals surface area contributed by atoms with Gasteiger partial charge in [-0.15, -0.1) is 11.3 Å². The standard InChI is InChI=1S/C16H14N2O4S/c19-14(22-8-7-21-12-4-2-1-3-5-12)10-18-11-17-15-13(16(18)20)6-9-23-15/h1-6,9,11H,7-8,10H2. The number of carbonyl (C=O) groups excluding carboxylic acids is 1.